The fourth-order valence-corrected chi connectivity index (χ4v) is 1.45. The van der Waals surface area contributed by atoms with Crippen molar-refractivity contribution in [3.05, 3.63) is 36.2 Å². The first-order chi connectivity index (χ1) is 9.87. The van der Waals surface area contributed by atoms with Crippen LogP contribution in [0.5, 0.6) is 0 Å². The second kappa shape index (κ2) is 8.77. The lowest BCUT2D eigenvalue weighted by Crippen LogP contribution is -2.42. The molecule has 0 aliphatic carbocycles. The summed E-state index contributed by atoms with van der Waals surface area (Å²) in [5, 5.41) is 16.8. The Labute approximate surface area is 130 Å². The fourth-order valence-electron chi connectivity index (χ4n) is 1.34. The number of halogens is 1. The summed E-state index contributed by atoms with van der Waals surface area (Å²) in [6.07, 6.45) is 6.16. The first-order valence-corrected chi connectivity index (χ1v) is 7.11. The maximum atomic E-state index is 9.71. The number of hydrogen-bond acceptors (Lipinski definition) is 5. The van der Waals surface area contributed by atoms with Gasteiger partial charge in [-0.2, -0.15) is 0 Å². The van der Waals surface area contributed by atoms with Crippen molar-refractivity contribution in [1.82, 2.24) is 10.3 Å². The highest BCUT2D eigenvalue weighted by atomic mass is 35.5. The average molecular weight is 312 g/mol. The summed E-state index contributed by atoms with van der Waals surface area (Å²) in [4.78, 5) is 8.99. The van der Waals surface area contributed by atoms with Crippen LogP contribution in [0.3, 0.4) is 0 Å². The minimum atomic E-state index is -0.639. The Kier molecular flexibility index (Phi) is 7.36. The number of hydrogen-bond donors (Lipinski definition) is 2. The lowest BCUT2D eigenvalue weighted by molar-refractivity contribution is 0.0377. The van der Waals surface area contributed by atoms with E-state index in [0.717, 1.165) is 5.56 Å². The maximum absolute atomic E-state index is 9.71. The van der Waals surface area contributed by atoms with Gasteiger partial charge in [-0.05, 0) is 38.5 Å². The number of pyridine rings is 1. The van der Waals surface area contributed by atoms with Gasteiger partial charge in [0.15, 0.2) is 5.17 Å². The number of aliphatic hydroxyl groups excluding tert-OH is 1. The number of rotatable bonds is 7. The van der Waals surface area contributed by atoms with Crippen LogP contribution < -0.4 is 5.32 Å². The Hall–Kier alpha value is -1.43. The molecular formula is C15H22ClN3O2. The van der Waals surface area contributed by atoms with E-state index in [9.17, 15) is 5.11 Å². The second-order valence-electron chi connectivity index (χ2n) is 5.61. The molecule has 0 fully saturated rings. The van der Waals surface area contributed by atoms with Crippen molar-refractivity contribution in [3.8, 4) is 0 Å². The molecule has 1 atom stereocenters. The molecule has 1 heterocycles. The van der Waals surface area contributed by atoms with E-state index in [1.807, 2.05) is 32.9 Å². The first-order valence-electron chi connectivity index (χ1n) is 6.73. The molecule has 0 aromatic carbocycles. The van der Waals surface area contributed by atoms with Gasteiger partial charge in [-0.1, -0.05) is 28.9 Å². The molecular weight excluding hydrogens is 290 g/mol. The average Bonchev–Trinajstić information content (AvgIpc) is 2.43. The van der Waals surface area contributed by atoms with Crippen LogP contribution >= 0.6 is 11.6 Å². The summed E-state index contributed by atoms with van der Waals surface area (Å²) in [6, 6.07) is 3.73. The van der Waals surface area contributed by atoms with E-state index in [0.29, 0.717) is 6.54 Å². The lowest BCUT2D eigenvalue weighted by atomic mass is 10.1. The molecule has 21 heavy (non-hydrogen) atoms. The smallest absolute Gasteiger partial charge is 0.168 e. The minimum absolute atomic E-state index is 0.0473. The summed E-state index contributed by atoms with van der Waals surface area (Å²) in [7, 11) is 0. The molecule has 0 saturated heterocycles. The van der Waals surface area contributed by atoms with Crippen LogP contribution in [0.15, 0.2) is 35.8 Å². The Balaban J connectivity index is 2.31. The molecule has 6 heteroatoms. The Morgan fingerprint density at radius 1 is 1.57 bits per heavy atom. The van der Waals surface area contributed by atoms with Crippen LogP contribution in [0, 0.1) is 0 Å². The molecule has 1 rings (SSSR count). The zero-order valence-electron chi connectivity index (χ0n) is 12.6. The number of aliphatic hydroxyl groups is 1. The summed E-state index contributed by atoms with van der Waals surface area (Å²) in [6.45, 7) is 6.60. The van der Waals surface area contributed by atoms with E-state index < -0.39 is 6.10 Å². The molecule has 0 aliphatic heterocycles. The third-order valence-electron chi connectivity index (χ3n) is 2.38. The van der Waals surface area contributed by atoms with Crippen LogP contribution in [0.25, 0.3) is 6.08 Å². The number of aromatic nitrogens is 1. The van der Waals surface area contributed by atoms with Gasteiger partial charge in [0.2, 0.25) is 0 Å². The van der Waals surface area contributed by atoms with Crippen molar-refractivity contribution in [3.63, 3.8) is 0 Å². The predicted molar refractivity (Wildman–Crippen MR) is 86.3 cm³/mol. The van der Waals surface area contributed by atoms with Gasteiger partial charge in [-0.3, -0.25) is 4.98 Å². The van der Waals surface area contributed by atoms with E-state index in [4.69, 9.17) is 16.4 Å². The Morgan fingerprint density at radius 3 is 2.95 bits per heavy atom. The van der Waals surface area contributed by atoms with E-state index in [1.54, 1.807) is 24.5 Å². The zero-order chi connectivity index (χ0) is 15.7. The Bertz CT molecular complexity index is 470. The van der Waals surface area contributed by atoms with Crippen molar-refractivity contribution < 1.29 is 9.94 Å². The molecule has 116 valence electrons. The summed E-state index contributed by atoms with van der Waals surface area (Å²) in [5.74, 6) is 0. The highest BCUT2D eigenvalue weighted by molar-refractivity contribution is 6.68. The molecule has 0 aliphatic rings. The van der Waals surface area contributed by atoms with Crippen molar-refractivity contribution in [2.45, 2.75) is 32.4 Å². The topological polar surface area (TPSA) is 66.7 Å². The van der Waals surface area contributed by atoms with Gasteiger partial charge in [0.25, 0.3) is 0 Å². The minimum Gasteiger partial charge on any atom is -0.392 e. The van der Waals surface area contributed by atoms with Gasteiger partial charge in [-0.25, -0.2) is 0 Å². The van der Waals surface area contributed by atoms with E-state index >= 15 is 0 Å². The standard InChI is InChI=1S/C15H22ClN3O2/c1-15(2,3)18-10-13(20)11-21-19-14(16)7-6-12-5-4-8-17-9-12/h4-9,13,18,20H,10-11H2,1-3H3/b7-6+,19-14-. The largest absolute Gasteiger partial charge is 0.392 e. The van der Waals surface area contributed by atoms with Crippen molar-refractivity contribution in [2.75, 3.05) is 13.2 Å². The van der Waals surface area contributed by atoms with Crippen LogP contribution in [-0.4, -0.2) is 40.1 Å². The number of β-amino-alcohol motifs (C(OH)–C–C–N with tert-alkyl or cyclic N) is 1. The van der Waals surface area contributed by atoms with Gasteiger partial charge in [0.05, 0.1) is 0 Å². The Morgan fingerprint density at radius 2 is 2.33 bits per heavy atom. The summed E-state index contributed by atoms with van der Waals surface area (Å²) in [5.41, 5.74) is 0.870. The molecule has 0 bridgehead atoms. The first kappa shape index (κ1) is 17.6. The van der Waals surface area contributed by atoms with Gasteiger partial charge in [-0.15, -0.1) is 0 Å². The van der Waals surface area contributed by atoms with Crippen molar-refractivity contribution in [1.29, 1.82) is 0 Å². The highest BCUT2D eigenvalue weighted by Gasteiger charge is 2.12. The second-order valence-corrected chi connectivity index (χ2v) is 6.00. The number of allylic oxidation sites excluding steroid dienone is 1. The number of nitrogens with zero attached hydrogens (tertiary/aromatic N) is 2. The molecule has 0 radical (unpaired) electrons. The highest BCUT2D eigenvalue weighted by Crippen LogP contribution is 2.02. The zero-order valence-corrected chi connectivity index (χ0v) is 13.3. The fraction of sp³-hybridized carbons (Fsp3) is 0.467. The van der Waals surface area contributed by atoms with Gasteiger partial charge in [0.1, 0.15) is 12.7 Å². The van der Waals surface area contributed by atoms with Crippen LogP contribution in [0.1, 0.15) is 26.3 Å². The van der Waals surface area contributed by atoms with E-state index in [1.165, 1.54) is 0 Å². The van der Waals surface area contributed by atoms with Gasteiger partial charge in [0, 0.05) is 24.5 Å². The monoisotopic (exact) mass is 311 g/mol. The summed E-state index contributed by atoms with van der Waals surface area (Å²) >= 11 is 5.88. The van der Waals surface area contributed by atoms with E-state index in [-0.39, 0.29) is 17.3 Å². The SMILES string of the molecule is CC(C)(C)NCC(O)CO/N=C(Cl)/C=C/c1cccnc1. The third-order valence-corrected chi connectivity index (χ3v) is 2.58. The van der Waals surface area contributed by atoms with Gasteiger partial charge < -0.3 is 15.3 Å². The maximum Gasteiger partial charge on any atom is 0.168 e. The molecule has 0 amide bonds. The van der Waals surface area contributed by atoms with Crippen molar-refractivity contribution >= 4 is 22.8 Å². The van der Waals surface area contributed by atoms with E-state index in [2.05, 4.69) is 15.5 Å². The van der Waals surface area contributed by atoms with Crippen LogP contribution in [0.4, 0.5) is 0 Å². The third kappa shape index (κ3) is 9.18. The molecule has 0 spiro atoms. The molecule has 5 nitrogen and oxygen atoms in total. The summed E-state index contributed by atoms with van der Waals surface area (Å²) < 4.78 is 0. The molecule has 1 aromatic heterocycles. The quantitative estimate of drug-likeness (QED) is 0.599. The van der Waals surface area contributed by atoms with Crippen molar-refractivity contribution in [2.24, 2.45) is 5.16 Å². The molecule has 0 saturated carbocycles. The molecule has 1 aromatic rings. The number of oxime groups is 1. The van der Waals surface area contributed by atoms with Crippen LogP contribution in [0.2, 0.25) is 0 Å². The molecule has 1 unspecified atom stereocenters. The predicted octanol–water partition coefficient (Wildman–Crippen LogP) is 2.41. The number of nitrogens with one attached hydrogen (secondary N) is 1. The lowest BCUT2D eigenvalue weighted by Gasteiger charge is -2.22. The molecule has 2 N–H and O–H groups in total. The van der Waals surface area contributed by atoms with Crippen LogP contribution in [-0.2, 0) is 4.84 Å². The van der Waals surface area contributed by atoms with Gasteiger partial charge >= 0.3 is 0 Å². The normalized spacial score (nSPS) is 14.4.